The van der Waals surface area contributed by atoms with Crippen LogP contribution >= 0.6 is 0 Å². The van der Waals surface area contributed by atoms with E-state index in [1.54, 1.807) is 0 Å². The smallest absolute Gasteiger partial charge is 0.329 e. The minimum absolute atomic E-state index is 0.0257. The fourth-order valence-electron chi connectivity index (χ4n) is 2.76. The number of nitrogens with zero attached hydrogens (tertiary/aromatic N) is 2. The molecule has 0 saturated carbocycles. The topological polar surface area (TPSA) is 93.4 Å². The predicted molar refractivity (Wildman–Crippen MR) is 102 cm³/mol. The molecule has 0 radical (unpaired) electrons. The fourth-order valence-corrected chi connectivity index (χ4v) is 2.76. The average Bonchev–Trinajstić information content (AvgIpc) is 2.67. The third-order valence-corrected chi connectivity index (χ3v) is 4.42. The van der Waals surface area contributed by atoms with E-state index in [1.165, 1.54) is 18.7 Å². The third kappa shape index (κ3) is 4.85. The molecule has 0 aliphatic carbocycles. The van der Waals surface area contributed by atoms with Crippen LogP contribution in [0.25, 0.3) is 0 Å². The van der Waals surface area contributed by atoms with E-state index >= 15 is 0 Å². The molecule has 2 rings (SSSR count). The highest BCUT2D eigenvalue weighted by Gasteiger charge is 2.38. The SMILES string of the molecule is CC(C)(C(=O)O)N(CCC#N)C(=O)NC(c1ccccc1)c1ccccc1. The molecule has 0 fully saturated rings. The zero-order valence-electron chi connectivity index (χ0n) is 15.4. The first kappa shape index (κ1) is 20.0. The van der Waals surface area contributed by atoms with Crippen LogP contribution in [0.15, 0.2) is 60.7 Å². The van der Waals surface area contributed by atoms with Gasteiger partial charge in [0.05, 0.1) is 18.5 Å². The summed E-state index contributed by atoms with van der Waals surface area (Å²) in [5.74, 6) is -1.13. The molecule has 2 amide bonds. The number of amides is 2. The molecule has 0 unspecified atom stereocenters. The maximum Gasteiger partial charge on any atom is 0.329 e. The van der Waals surface area contributed by atoms with Crippen molar-refractivity contribution in [3.63, 3.8) is 0 Å². The van der Waals surface area contributed by atoms with E-state index in [2.05, 4.69) is 5.32 Å². The first-order valence-corrected chi connectivity index (χ1v) is 8.66. The summed E-state index contributed by atoms with van der Waals surface area (Å²) in [7, 11) is 0. The molecular weight excluding hydrogens is 342 g/mol. The van der Waals surface area contributed by atoms with E-state index in [4.69, 9.17) is 5.26 Å². The third-order valence-electron chi connectivity index (χ3n) is 4.42. The van der Waals surface area contributed by atoms with Gasteiger partial charge in [-0.2, -0.15) is 5.26 Å². The molecule has 27 heavy (non-hydrogen) atoms. The Morgan fingerprint density at radius 3 is 1.96 bits per heavy atom. The summed E-state index contributed by atoms with van der Waals surface area (Å²) in [5, 5.41) is 21.3. The molecule has 0 bridgehead atoms. The zero-order valence-corrected chi connectivity index (χ0v) is 15.4. The summed E-state index contributed by atoms with van der Waals surface area (Å²) >= 11 is 0. The van der Waals surface area contributed by atoms with E-state index in [9.17, 15) is 14.7 Å². The number of benzene rings is 2. The van der Waals surface area contributed by atoms with Gasteiger partial charge in [0.1, 0.15) is 5.54 Å². The summed E-state index contributed by atoms with van der Waals surface area (Å²) < 4.78 is 0. The van der Waals surface area contributed by atoms with Gasteiger partial charge in [-0.15, -0.1) is 0 Å². The van der Waals surface area contributed by atoms with Crippen LogP contribution in [0.2, 0.25) is 0 Å². The van der Waals surface area contributed by atoms with E-state index in [1.807, 2.05) is 66.7 Å². The highest BCUT2D eigenvalue weighted by molar-refractivity contribution is 5.86. The van der Waals surface area contributed by atoms with Crippen molar-refractivity contribution < 1.29 is 14.7 Å². The number of rotatable bonds is 7. The van der Waals surface area contributed by atoms with Crippen molar-refractivity contribution in [2.45, 2.75) is 31.8 Å². The van der Waals surface area contributed by atoms with Crippen LogP contribution in [0.1, 0.15) is 37.4 Å². The van der Waals surface area contributed by atoms with Gasteiger partial charge in [-0.05, 0) is 25.0 Å². The Morgan fingerprint density at radius 2 is 1.56 bits per heavy atom. The Morgan fingerprint density at radius 1 is 1.07 bits per heavy atom. The molecule has 0 atom stereocenters. The van der Waals surface area contributed by atoms with Crippen molar-refractivity contribution in [2.24, 2.45) is 0 Å². The van der Waals surface area contributed by atoms with Crippen molar-refractivity contribution in [2.75, 3.05) is 6.54 Å². The summed E-state index contributed by atoms with van der Waals surface area (Å²) in [4.78, 5) is 25.8. The van der Waals surface area contributed by atoms with Gasteiger partial charge in [0.15, 0.2) is 0 Å². The quantitative estimate of drug-likeness (QED) is 0.784. The Hall–Kier alpha value is -3.33. The van der Waals surface area contributed by atoms with Crippen LogP contribution in [0.4, 0.5) is 4.79 Å². The monoisotopic (exact) mass is 365 g/mol. The van der Waals surface area contributed by atoms with Crippen LogP contribution in [0.3, 0.4) is 0 Å². The molecule has 0 heterocycles. The predicted octanol–water partition coefficient (Wildman–Crippen LogP) is 3.56. The highest BCUT2D eigenvalue weighted by Crippen LogP contribution is 2.24. The van der Waals surface area contributed by atoms with Crippen molar-refractivity contribution in [3.8, 4) is 6.07 Å². The average molecular weight is 365 g/mol. The van der Waals surface area contributed by atoms with Crippen molar-refractivity contribution in [3.05, 3.63) is 71.8 Å². The molecule has 6 nitrogen and oxygen atoms in total. The minimum atomic E-state index is -1.45. The summed E-state index contributed by atoms with van der Waals surface area (Å²) in [6.07, 6.45) is 0.0471. The maximum atomic E-state index is 13.0. The molecular formula is C21H23N3O3. The lowest BCUT2D eigenvalue weighted by atomic mass is 9.98. The normalized spacial score (nSPS) is 10.9. The molecule has 0 saturated heterocycles. The standard InChI is InChI=1S/C21H23N3O3/c1-21(2,19(25)26)24(15-9-14-22)20(27)23-18(16-10-5-3-6-11-16)17-12-7-4-8-13-17/h3-8,10-13,18H,9,15H2,1-2H3,(H,23,27)(H,25,26). The van der Waals surface area contributed by atoms with E-state index in [-0.39, 0.29) is 13.0 Å². The summed E-state index contributed by atoms with van der Waals surface area (Å²) in [5.41, 5.74) is 0.314. The Balaban J connectivity index is 2.36. The van der Waals surface area contributed by atoms with Crippen LogP contribution in [-0.2, 0) is 4.79 Å². The Labute approximate surface area is 159 Å². The van der Waals surface area contributed by atoms with Gasteiger partial charge < -0.3 is 15.3 Å². The molecule has 0 aliphatic rings. The van der Waals surface area contributed by atoms with E-state index < -0.39 is 23.6 Å². The molecule has 2 aromatic carbocycles. The van der Waals surface area contributed by atoms with E-state index in [0.29, 0.717) is 0 Å². The highest BCUT2D eigenvalue weighted by atomic mass is 16.4. The van der Waals surface area contributed by atoms with Gasteiger partial charge in [0.2, 0.25) is 0 Å². The summed E-state index contributed by atoms with van der Waals surface area (Å²) in [6, 6.07) is 19.9. The van der Waals surface area contributed by atoms with Crippen LogP contribution in [0.5, 0.6) is 0 Å². The molecule has 0 spiro atoms. The minimum Gasteiger partial charge on any atom is -0.480 e. The number of carboxylic acids is 1. The van der Waals surface area contributed by atoms with Crippen LogP contribution in [0, 0.1) is 11.3 Å². The van der Waals surface area contributed by atoms with Gasteiger partial charge in [-0.3, -0.25) is 0 Å². The van der Waals surface area contributed by atoms with Crippen LogP contribution in [-0.4, -0.2) is 34.1 Å². The number of aliphatic carboxylic acids is 1. The van der Waals surface area contributed by atoms with E-state index in [0.717, 1.165) is 11.1 Å². The van der Waals surface area contributed by atoms with Crippen molar-refractivity contribution in [1.29, 1.82) is 5.26 Å². The Bertz CT molecular complexity index is 774. The number of urea groups is 1. The number of nitriles is 1. The molecule has 0 aliphatic heterocycles. The molecule has 140 valence electrons. The second-order valence-electron chi connectivity index (χ2n) is 6.63. The summed E-state index contributed by atoms with van der Waals surface area (Å²) in [6.45, 7) is 2.93. The number of hydrogen-bond acceptors (Lipinski definition) is 3. The largest absolute Gasteiger partial charge is 0.480 e. The number of hydrogen-bond donors (Lipinski definition) is 2. The Kier molecular flexibility index (Phi) is 6.56. The molecule has 2 aromatic rings. The lowest BCUT2D eigenvalue weighted by molar-refractivity contribution is -0.147. The molecule has 0 aromatic heterocycles. The first-order chi connectivity index (χ1) is 12.9. The number of carboxylic acid groups (broad SMARTS) is 1. The van der Waals surface area contributed by atoms with Gasteiger partial charge in [0.25, 0.3) is 0 Å². The number of carbonyl (C=O) groups excluding carboxylic acids is 1. The second-order valence-corrected chi connectivity index (χ2v) is 6.63. The maximum absolute atomic E-state index is 13.0. The van der Waals surface area contributed by atoms with Crippen LogP contribution < -0.4 is 5.32 Å². The van der Waals surface area contributed by atoms with Crippen molar-refractivity contribution in [1.82, 2.24) is 10.2 Å². The number of carbonyl (C=O) groups is 2. The van der Waals surface area contributed by atoms with Gasteiger partial charge in [0, 0.05) is 6.54 Å². The lowest BCUT2D eigenvalue weighted by Crippen LogP contribution is -2.56. The molecule has 2 N–H and O–H groups in total. The fraction of sp³-hybridized carbons (Fsp3) is 0.286. The van der Waals surface area contributed by atoms with Crippen molar-refractivity contribution >= 4 is 12.0 Å². The van der Waals surface area contributed by atoms with Gasteiger partial charge in [-0.1, -0.05) is 60.7 Å². The number of nitrogens with one attached hydrogen (secondary N) is 1. The van der Waals surface area contributed by atoms with Gasteiger partial charge in [-0.25, -0.2) is 9.59 Å². The second kappa shape index (κ2) is 8.86. The molecule has 6 heteroatoms. The zero-order chi connectivity index (χ0) is 19.9. The van der Waals surface area contributed by atoms with Gasteiger partial charge >= 0.3 is 12.0 Å². The lowest BCUT2D eigenvalue weighted by Gasteiger charge is -2.36. The first-order valence-electron chi connectivity index (χ1n) is 8.66.